The van der Waals surface area contributed by atoms with Gasteiger partial charge in [-0.25, -0.2) is 9.59 Å². The Hall–Kier alpha value is -3.68. The van der Waals surface area contributed by atoms with Crippen molar-refractivity contribution < 1.29 is 32.9 Å². The number of hydrogen-bond donors (Lipinski definition) is 0. The first kappa shape index (κ1) is 20.6. The molecular weight excluding hydrogens is 404 g/mol. The monoisotopic (exact) mass is 426 g/mol. The molecule has 0 radical (unpaired) electrons. The minimum absolute atomic E-state index is 0.167. The fourth-order valence-corrected chi connectivity index (χ4v) is 3.90. The zero-order valence-corrected chi connectivity index (χ0v) is 17.6. The van der Waals surface area contributed by atoms with E-state index in [-0.39, 0.29) is 12.2 Å². The van der Waals surface area contributed by atoms with E-state index in [4.69, 9.17) is 28.1 Å². The molecule has 0 spiro atoms. The largest absolute Gasteiger partial charge is 0.496 e. The number of rotatable bonds is 6. The maximum absolute atomic E-state index is 13.0. The van der Waals surface area contributed by atoms with Gasteiger partial charge in [0.1, 0.15) is 17.1 Å². The Labute approximate surface area is 178 Å². The summed E-state index contributed by atoms with van der Waals surface area (Å²) in [6, 6.07) is 10.3. The average Bonchev–Trinajstić information content (AvgIpc) is 3.20. The van der Waals surface area contributed by atoms with Crippen LogP contribution in [-0.4, -0.2) is 40.0 Å². The summed E-state index contributed by atoms with van der Waals surface area (Å²) in [5.41, 5.74) is 0.512. The maximum Gasteiger partial charge on any atom is 0.348 e. The van der Waals surface area contributed by atoms with Crippen LogP contribution in [0, 0.1) is 0 Å². The molecule has 3 aromatic rings. The van der Waals surface area contributed by atoms with E-state index in [1.165, 1.54) is 21.3 Å². The molecule has 0 fully saturated rings. The van der Waals surface area contributed by atoms with E-state index in [0.717, 1.165) is 0 Å². The van der Waals surface area contributed by atoms with Crippen molar-refractivity contribution in [1.82, 2.24) is 0 Å². The first-order chi connectivity index (χ1) is 15.0. The highest BCUT2D eigenvalue weighted by Gasteiger charge is 2.46. The lowest BCUT2D eigenvalue weighted by molar-refractivity contribution is -0.151. The molecule has 1 aromatic heterocycles. The summed E-state index contributed by atoms with van der Waals surface area (Å²) in [6.07, 6.45) is -1.10. The predicted molar refractivity (Wildman–Crippen MR) is 111 cm³/mol. The van der Waals surface area contributed by atoms with Gasteiger partial charge in [-0.1, -0.05) is 12.1 Å². The van der Waals surface area contributed by atoms with E-state index < -0.39 is 23.6 Å². The number of fused-ring (bicyclic) bond motifs is 3. The quantitative estimate of drug-likeness (QED) is 0.438. The summed E-state index contributed by atoms with van der Waals surface area (Å²) in [5, 5.41) is 0.591. The summed E-state index contributed by atoms with van der Waals surface area (Å²) < 4.78 is 33.2. The van der Waals surface area contributed by atoms with Crippen LogP contribution in [-0.2, 0) is 9.53 Å². The van der Waals surface area contributed by atoms with Gasteiger partial charge in [0.15, 0.2) is 11.5 Å². The topological polar surface area (TPSA) is 93.4 Å². The minimum atomic E-state index is -1.10. The van der Waals surface area contributed by atoms with Crippen molar-refractivity contribution in [1.29, 1.82) is 0 Å². The molecular formula is C23H22O8. The molecule has 162 valence electrons. The molecule has 0 saturated heterocycles. The van der Waals surface area contributed by atoms with Gasteiger partial charge < -0.3 is 28.1 Å². The molecule has 31 heavy (non-hydrogen) atoms. The van der Waals surface area contributed by atoms with Crippen LogP contribution in [0.25, 0.3) is 11.0 Å². The van der Waals surface area contributed by atoms with Crippen molar-refractivity contribution in [2.45, 2.75) is 18.9 Å². The van der Waals surface area contributed by atoms with Crippen LogP contribution >= 0.6 is 0 Å². The second-order valence-corrected chi connectivity index (χ2v) is 6.85. The van der Waals surface area contributed by atoms with E-state index in [1.807, 2.05) is 0 Å². The van der Waals surface area contributed by atoms with Gasteiger partial charge in [0.25, 0.3) is 0 Å². The van der Waals surface area contributed by atoms with E-state index in [2.05, 4.69) is 0 Å². The van der Waals surface area contributed by atoms with Crippen LogP contribution < -0.4 is 24.6 Å². The Balaban J connectivity index is 2.01. The lowest BCUT2D eigenvalue weighted by Gasteiger charge is -2.21. The summed E-state index contributed by atoms with van der Waals surface area (Å²) in [7, 11) is 4.49. The first-order valence-electron chi connectivity index (χ1n) is 9.72. The number of carbonyl (C=O) groups is 1. The third kappa shape index (κ3) is 3.34. The van der Waals surface area contributed by atoms with Gasteiger partial charge in [-0.2, -0.15) is 0 Å². The summed E-state index contributed by atoms with van der Waals surface area (Å²) in [5.74, 6) is 0.140. The molecule has 2 heterocycles. The second kappa shape index (κ2) is 8.22. The Morgan fingerprint density at radius 2 is 1.68 bits per heavy atom. The molecule has 0 N–H and O–H groups in total. The Kier molecular flexibility index (Phi) is 5.46. The van der Waals surface area contributed by atoms with Gasteiger partial charge in [-0.05, 0) is 25.1 Å². The molecule has 0 aliphatic carbocycles. The fourth-order valence-electron chi connectivity index (χ4n) is 3.90. The highest BCUT2D eigenvalue weighted by molar-refractivity contribution is 5.89. The standard InChI is InChI=1S/C23H22O8/c1-5-29-23(25)21-18(13-10-16(27-3)17(28-4)11-15(13)26-2)19-20(31-21)12-8-6-7-9-14(12)30-22(19)24/h6-11,18,21H,5H2,1-4H3/t18-,21-/m1/s1. The van der Waals surface area contributed by atoms with Crippen molar-refractivity contribution >= 4 is 16.9 Å². The van der Waals surface area contributed by atoms with Crippen molar-refractivity contribution in [3.05, 3.63) is 57.9 Å². The van der Waals surface area contributed by atoms with Crippen LogP contribution in [0.4, 0.5) is 0 Å². The van der Waals surface area contributed by atoms with Crippen LogP contribution in [0.15, 0.2) is 45.6 Å². The first-order valence-corrected chi connectivity index (χ1v) is 9.72. The average molecular weight is 426 g/mol. The molecule has 0 amide bonds. The molecule has 4 rings (SSSR count). The lowest BCUT2D eigenvalue weighted by atomic mass is 9.87. The SMILES string of the molecule is CCOC(=O)[C@@H]1Oc2c(c(=O)oc3ccccc23)[C@H]1c1cc(OC)c(OC)cc1OC. The molecule has 2 atom stereocenters. The maximum atomic E-state index is 13.0. The molecule has 1 aliphatic rings. The third-order valence-electron chi connectivity index (χ3n) is 5.25. The smallest absolute Gasteiger partial charge is 0.348 e. The Morgan fingerprint density at radius 1 is 1.00 bits per heavy atom. The van der Waals surface area contributed by atoms with E-state index in [1.54, 1.807) is 43.3 Å². The molecule has 2 aromatic carbocycles. The normalized spacial score (nSPS) is 17.0. The Morgan fingerprint density at radius 3 is 2.35 bits per heavy atom. The van der Waals surface area contributed by atoms with Gasteiger partial charge in [-0.15, -0.1) is 0 Å². The van der Waals surface area contributed by atoms with Crippen molar-refractivity contribution in [2.75, 3.05) is 27.9 Å². The predicted octanol–water partition coefficient (Wildman–Crippen LogP) is 3.27. The number of para-hydroxylation sites is 1. The molecule has 8 nitrogen and oxygen atoms in total. The van der Waals surface area contributed by atoms with Crippen molar-refractivity contribution in [2.24, 2.45) is 0 Å². The third-order valence-corrected chi connectivity index (χ3v) is 5.25. The summed E-state index contributed by atoms with van der Waals surface area (Å²) in [6.45, 7) is 1.87. The number of esters is 1. The zero-order valence-electron chi connectivity index (χ0n) is 17.6. The molecule has 0 saturated carbocycles. The van der Waals surface area contributed by atoms with Crippen LogP contribution in [0.1, 0.15) is 24.0 Å². The number of methoxy groups -OCH3 is 3. The van der Waals surface area contributed by atoms with Crippen molar-refractivity contribution in [3.8, 4) is 23.0 Å². The van der Waals surface area contributed by atoms with Crippen LogP contribution in [0.3, 0.4) is 0 Å². The highest BCUT2D eigenvalue weighted by Crippen LogP contribution is 2.49. The molecule has 0 bridgehead atoms. The van der Waals surface area contributed by atoms with Crippen molar-refractivity contribution in [3.63, 3.8) is 0 Å². The number of benzene rings is 2. The highest BCUT2D eigenvalue weighted by atomic mass is 16.6. The van der Waals surface area contributed by atoms with Crippen LogP contribution in [0.5, 0.6) is 23.0 Å². The van der Waals surface area contributed by atoms with Gasteiger partial charge in [-0.3, -0.25) is 0 Å². The summed E-state index contributed by atoms with van der Waals surface area (Å²) >= 11 is 0. The Bertz CT molecular complexity index is 1200. The van der Waals surface area contributed by atoms with Gasteiger partial charge in [0, 0.05) is 11.6 Å². The van der Waals surface area contributed by atoms with E-state index in [9.17, 15) is 9.59 Å². The van der Waals surface area contributed by atoms with E-state index >= 15 is 0 Å². The summed E-state index contributed by atoms with van der Waals surface area (Å²) in [4.78, 5) is 25.9. The second-order valence-electron chi connectivity index (χ2n) is 6.85. The molecule has 1 aliphatic heterocycles. The number of carbonyl (C=O) groups excluding carboxylic acids is 1. The fraction of sp³-hybridized carbons (Fsp3) is 0.304. The van der Waals surface area contributed by atoms with Gasteiger partial charge in [0.2, 0.25) is 6.10 Å². The van der Waals surface area contributed by atoms with Gasteiger partial charge >= 0.3 is 11.6 Å². The number of ether oxygens (including phenoxy) is 5. The number of hydrogen-bond acceptors (Lipinski definition) is 8. The van der Waals surface area contributed by atoms with Crippen LogP contribution in [0.2, 0.25) is 0 Å². The van der Waals surface area contributed by atoms with E-state index in [0.29, 0.717) is 39.5 Å². The molecule has 8 heteroatoms. The minimum Gasteiger partial charge on any atom is -0.496 e. The lowest BCUT2D eigenvalue weighted by Crippen LogP contribution is -2.32. The molecule has 0 unspecified atom stereocenters. The van der Waals surface area contributed by atoms with Gasteiger partial charge in [0.05, 0.1) is 44.8 Å². The zero-order chi connectivity index (χ0) is 22.1.